The second-order valence-electron chi connectivity index (χ2n) is 12.2. The largest absolute Gasteiger partial charge is 0.481 e. The second-order valence-corrected chi connectivity index (χ2v) is 12.2. The van der Waals surface area contributed by atoms with Gasteiger partial charge in [-0.15, -0.1) is 0 Å². The van der Waals surface area contributed by atoms with Crippen molar-refractivity contribution in [3.63, 3.8) is 0 Å². The minimum Gasteiger partial charge on any atom is -0.481 e. The number of halogens is 1. The van der Waals surface area contributed by atoms with Crippen LogP contribution in [-0.2, 0) is 22.7 Å². The molecule has 11 heteroatoms. The third kappa shape index (κ3) is 8.61. The number of amides is 1. The fraction of sp³-hybridized carbons (Fsp3) is 0.256. The van der Waals surface area contributed by atoms with E-state index in [4.69, 9.17) is 14.4 Å². The number of aliphatic hydroxyl groups excluding tert-OH is 2. The van der Waals surface area contributed by atoms with E-state index in [1.807, 2.05) is 73.0 Å². The van der Waals surface area contributed by atoms with Gasteiger partial charge in [-0.1, -0.05) is 71.9 Å². The molecule has 3 aromatic carbocycles. The first-order valence-electron chi connectivity index (χ1n) is 16.2. The molecular weight excluding hydrogens is 641 g/mol. The molecule has 2 heterocycles. The van der Waals surface area contributed by atoms with Gasteiger partial charge in [-0.2, -0.15) is 0 Å². The molecule has 0 aliphatic carbocycles. The average Bonchev–Trinajstić information content (AvgIpc) is 3.70. The van der Waals surface area contributed by atoms with Gasteiger partial charge in [0.15, 0.2) is 5.76 Å². The third-order valence-corrected chi connectivity index (χ3v) is 8.08. The molecule has 0 radical (unpaired) electrons. The minimum atomic E-state index is -1.26. The number of hydrogen-bond donors (Lipinski definition) is 4. The lowest BCUT2D eigenvalue weighted by Crippen LogP contribution is -2.27. The number of carbonyl (C=O) groups is 2. The van der Waals surface area contributed by atoms with Crippen molar-refractivity contribution >= 4 is 18.0 Å². The summed E-state index contributed by atoms with van der Waals surface area (Å²) < 4.78 is 26.9. The highest BCUT2D eigenvalue weighted by molar-refractivity contribution is 6.06. The smallest absolute Gasteiger partial charge is 0.305 e. The summed E-state index contributed by atoms with van der Waals surface area (Å²) in [5.74, 6) is -1.46. The molecule has 5 aromatic rings. The number of carboxylic acids is 1. The van der Waals surface area contributed by atoms with Gasteiger partial charge >= 0.3 is 5.97 Å². The molecule has 0 bridgehead atoms. The predicted molar refractivity (Wildman–Crippen MR) is 187 cm³/mol. The molecule has 0 spiro atoms. The highest BCUT2D eigenvalue weighted by atomic mass is 19.1. The van der Waals surface area contributed by atoms with Crippen molar-refractivity contribution in [1.29, 1.82) is 0 Å². The quantitative estimate of drug-likeness (QED) is 0.0936. The number of carbonyl (C=O) groups excluding carboxylic acids is 1. The zero-order valence-electron chi connectivity index (χ0n) is 28.0. The lowest BCUT2D eigenvalue weighted by molar-refractivity contribution is -0.139. The standard InChI is InChI=1S/C39H40FN3O7/c1-24(2)43-33(17-16-31(44)20-32(45)21-35(46)47)36(27-12-14-29(40)15-13-27)37(26-9-5-4-6-10-26)38(43)39(48)41-22-30-19-34(50-42-30)28-11-7-8-25(18-28)23-49-3/h4-19,24,31-32,44-45H,20-23H2,1-3H3,(H,41,48)(H,46,47). The van der Waals surface area contributed by atoms with Crippen molar-refractivity contribution in [1.82, 2.24) is 15.0 Å². The van der Waals surface area contributed by atoms with Crippen molar-refractivity contribution in [3.8, 4) is 33.6 Å². The van der Waals surface area contributed by atoms with Crippen LogP contribution in [0.3, 0.4) is 0 Å². The summed E-state index contributed by atoms with van der Waals surface area (Å²) in [6.45, 7) is 4.36. The monoisotopic (exact) mass is 681 g/mol. The fourth-order valence-electron chi connectivity index (χ4n) is 5.94. The fourth-order valence-corrected chi connectivity index (χ4v) is 5.94. The van der Waals surface area contributed by atoms with Gasteiger partial charge in [0.2, 0.25) is 0 Å². The molecule has 50 heavy (non-hydrogen) atoms. The van der Waals surface area contributed by atoms with Crippen LogP contribution < -0.4 is 5.32 Å². The predicted octanol–water partition coefficient (Wildman–Crippen LogP) is 6.87. The van der Waals surface area contributed by atoms with Gasteiger partial charge in [0.1, 0.15) is 17.2 Å². The van der Waals surface area contributed by atoms with Crippen LogP contribution in [0.5, 0.6) is 0 Å². The van der Waals surface area contributed by atoms with Gasteiger partial charge in [0.25, 0.3) is 5.91 Å². The van der Waals surface area contributed by atoms with E-state index in [9.17, 15) is 24.2 Å². The van der Waals surface area contributed by atoms with Crippen molar-refractivity contribution in [2.45, 2.75) is 58.1 Å². The maximum atomic E-state index is 14.3. The Balaban J connectivity index is 1.57. The first kappa shape index (κ1) is 35.9. The number of carboxylic acid groups (broad SMARTS) is 1. The number of benzene rings is 3. The molecule has 2 atom stereocenters. The molecular formula is C39H40FN3O7. The Hall–Kier alpha value is -5.36. The first-order valence-corrected chi connectivity index (χ1v) is 16.2. The van der Waals surface area contributed by atoms with Crippen LogP contribution >= 0.6 is 0 Å². The van der Waals surface area contributed by atoms with E-state index in [2.05, 4.69) is 10.5 Å². The zero-order valence-corrected chi connectivity index (χ0v) is 28.0. The molecule has 0 fully saturated rings. The van der Waals surface area contributed by atoms with E-state index < -0.39 is 36.3 Å². The van der Waals surface area contributed by atoms with E-state index in [-0.39, 0.29) is 19.0 Å². The van der Waals surface area contributed by atoms with Gasteiger partial charge in [0, 0.05) is 48.0 Å². The summed E-state index contributed by atoms with van der Waals surface area (Å²) in [6, 6.07) is 24.5. The SMILES string of the molecule is COCc1cccc(-c2cc(CNC(=O)c3c(-c4ccccc4)c(-c4ccc(F)cc4)c(C=CC(O)CC(O)CC(=O)O)n3C(C)C)no2)c1. The number of rotatable bonds is 15. The number of methoxy groups -OCH3 is 1. The van der Waals surface area contributed by atoms with Crippen molar-refractivity contribution in [2.24, 2.45) is 0 Å². The number of aromatic nitrogens is 2. The van der Waals surface area contributed by atoms with E-state index in [1.54, 1.807) is 31.4 Å². The lowest BCUT2D eigenvalue weighted by Gasteiger charge is -2.17. The number of ether oxygens (including phenoxy) is 1. The highest BCUT2D eigenvalue weighted by Crippen LogP contribution is 2.42. The van der Waals surface area contributed by atoms with Crippen molar-refractivity contribution in [3.05, 3.63) is 119 Å². The molecule has 1 amide bonds. The van der Waals surface area contributed by atoms with Crippen LogP contribution in [0.2, 0.25) is 0 Å². The molecule has 10 nitrogen and oxygen atoms in total. The van der Waals surface area contributed by atoms with Crippen LogP contribution in [-0.4, -0.2) is 56.2 Å². The summed E-state index contributed by atoms with van der Waals surface area (Å²) >= 11 is 0. The van der Waals surface area contributed by atoms with E-state index in [0.717, 1.165) is 16.7 Å². The molecule has 4 N–H and O–H groups in total. The van der Waals surface area contributed by atoms with E-state index in [1.165, 1.54) is 18.2 Å². The maximum absolute atomic E-state index is 14.3. The molecule has 2 aromatic heterocycles. The van der Waals surface area contributed by atoms with E-state index >= 15 is 0 Å². The second kappa shape index (κ2) is 16.4. The number of aliphatic hydroxyl groups is 2. The number of aliphatic carboxylic acids is 1. The summed E-state index contributed by atoms with van der Waals surface area (Å²) in [5, 5.41) is 37.1. The maximum Gasteiger partial charge on any atom is 0.305 e. The van der Waals surface area contributed by atoms with Gasteiger partial charge in [-0.05, 0) is 54.8 Å². The average molecular weight is 682 g/mol. The van der Waals surface area contributed by atoms with Gasteiger partial charge in [0.05, 0.1) is 31.8 Å². The Kier molecular flexibility index (Phi) is 11.8. The highest BCUT2D eigenvalue weighted by Gasteiger charge is 2.29. The first-order chi connectivity index (χ1) is 24.0. The van der Waals surface area contributed by atoms with Crippen molar-refractivity contribution in [2.75, 3.05) is 7.11 Å². The number of nitrogens with zero attached hydrogens (tertiary/aromatic N) is 2. The van der Waals surface area contributed by atoms with Crippen LogP contribution in [0.1, 0.15) is 60.2 Å². The normalized spacial score (nSPS) is 12.8. The van der Waals surface area contributed by atoms with E-state index in [0.29, 0.717) is 46.1 Å². The molecule has 0 saturated carbocycles. The molecule has 260 valence electrons. The Morgan fingerprint density at radius 2 is 1.66 bits per heavy atom. The van der Waals surface area contributed by atoms with Gasteiger partial charge in [-0.3, -0.25) is 9.59 Å². The molecule has 0 aliphatic rings. The third-order valence-electron chi connectivity index (χ3n) is 8.08. The minimum absolute atomic E-state index is 0.0643. The van der Waals surface area contributed by atoms with Gasteiger partial charge in [-0.25, -0.2) is 4.39 Å². The Morgan fingerprint density at radius 3 is 2.34 bits per heavy atom. The Labute approximate surface area is 289 Å². The van der Waals surface area contributed by atoms with Crippen LogP contribution in [0.15, 0.2) is 95.5 Å². The van der Waals surface area contributed by atoms with Crippen LogP contribution in [0, 0.1) is 5.82 Å². The zero-order chi connectivity index (χ0) is 35.8. The van der Waals surface area contributed by atoms with Crippen LogP contribution in [0.25, 0.3) is 39.7 Å². The van der Waals surface area contributed by atoms with Gasteiger partial charge < -0.3 is 34.5 Å². The topological polar surface area (TPSA) is 147 Å². The number of nitrogens with one attached hydrogen (secondary N) is 1. The Bertz CT molecular complexity index is 1950. The Morgan fingerprint density at radius 1 is 0.960 bits per heavy atom. The molecule has 5 rings (SSSR count). The van der Waals surface area contributed by atoms with Crippen LogP contribution in [0.4, 0.5) is 4.39 Å². The summed E-state index contributed by atoms with van der Waals surface area (Å²) in [4.78, 5) is 25.4. The molecule has 0 aliphatic heterocycles. The van der Waals surface area contributed by atoms with Crippen molar-refractivity contribution < 1.29 is 38.6 Å². The molecule has 2 unspecified atom stereocenters. The summed E-state index contributed by atoms with van der Waals surface area (Å²) in [5.41, 5.74) is 5.80. The molecule has 0 saturated heterocycles. The summed E-state index contributed by atoms with van der Waals surface area (Å²) in [6.07, 6.45) is -0.0397. The number of hydrogen-bond acceptors (Lipinski definition) is 7. The summed E-state index contributed by atoms with van der Waals surface area (Å²) in [7, 11) is 1.63. The lowest BCUT2D eigenvalue weighted by atomic mass is 9.94.